The van der Waals surface area contributed by atoms with Gasteiger partial charge < -0.3 is 0 Å². The molecule has 1 fully saturated rings. The maximum atomic E-state index is 6.07. The van der Waals surface area contributed by atoms with Crippen LogP contribution >= 0.6 is 11.6 Å². The molecule has 2 rings (SSSR count). The number of aryl methyl sites for hydroxylation is 1. The maximum absolute atomic E-state index is 6.07. The molecule has 0 aliphatic heterocycles. The minimum atomic E-state index is 0.777. The van der Waals surface area contributed by atoms with Gasteiger partial charge in [-0.05, 0) is 61.6 Å². The molecular weight excluding hydrogens is 216 g/mol. The van der Waals surface area contributed by atoms with E-state index in [2.05, 4.69) is 32.0 Å². The molecule has 0 amide bonds. The maximum Gasteiger partial charge on any atom is 0.0435 e. The lowest BCUT2D eigenvalue weighted by Crippen LogP contribution is -2.12. The zero-order valence-corrected chi connectivity index (χ0v) is 11.1. The number of benzene rings is 1. The smallest absolute Gasteiger partial charge is 0.0435 e. The first-order chi connectivity index (χ1) is 7.70. The zero-order chi connectivity index (χ0) is 11.5. The summed E-state index contributed by atoms with van der Waals surface area (Å²) in [6.45, 7) is 4.42. The third-order valence-electron chi connectivity index (χ3n) is 4.08. The summed E-state index contributed by atoms with van der Waals surface area (Å²) in [5.41, 5.74) is 2.72. The van der Waals surface area contributed by atoms with Crippen LogP contribution in [0.4, 0.5) is 0 Å². The van der Waals surface area contributed by atoms with Gasteiger partial charge in [-0.3, -0.25) is 0 Å². The van der Waals surface area contributed by atoms with Crippen molar-refractivity contribution in [1.29, 1.82) is 0 Å². The van der Waals surface area contributed by atoms with Crippen molar-refractivity contribution < 1.29 is 0 Å². The van der Waals surface area contributed by atoms with Gasteiger partial charge in [-0.1, -0.05) is 37.1 Å². The number of halogens is 1. The highest BCUT2D eigenvalue weighted by Crippen LogP contribution is 2.37. The van der Waals surface area contributed by atoms with Crippen molar-refractivity contribution in [3.63, 3.8) is 0 Å². The number of hydrogen-bond donors (Lipinski definition) is 0. The Morgan fingerprint density at radius 3 is 2.44 bits per heavy atom. The van der Waals surface area contributed by atoms with Gasteiger partial charge in [0.1, 0.15) is 0 Å². The molecule has 0 N–H and O–H groups in total. The van der Waals surface area contributed by atoms with Crippen LogP contribution in [0.25, 0.3) is 0 Å². The lowest BCUT2D eigenvalue weighted by atomic mass is 9.77. The Morgan fingerprint density at radius 2 is 1.88 bits per heavy atom. The van der Waals surface area contributed by atoms with Gasteiger partial charge in [-0.25, -0.2) is 0 Å². The number of hydrogen-bond acceptors (Lipinski definition) is 0. The average molecular weight is 237 g/mol. The van der Waals surface area contributed by atoms with Crippen LogP contribution in [0.2, 0.25) is 5.02 Å². The molecule has 0 aromatic heterocycles. The van der Waals surface area contributed by atoms with E-state index in [-0.39, 0.29) is 0 Å². The summed E-state index contributed by atoms with van der Waals surface area (Å²) < 4.78 is 0. The van der Waals surface area contributed by atoms with Gasteiger partial charge in [0.25, 0.3) is 0 Å². The Bertz CT molecular complexity index is 348. The molecular formula is C15H21Cl. The average Bonchev–Trinajstić information content (AvgIpc) is 2.33. The van der Waals surface area contributed by atoms with Gasteiger partial charge >= 0.3 is 0 Å². The van der Waals surface area contributed by atoms with E-state index >= 15 is 0 Å². The van der Waals surface area contributed by atoms with Crippen molar-refractivity contribution in [2.45, 2.75) is 51.9 Å². The van der Waals surface area contributed by atoms with E-state index in [0.717, 1.165) is 16.9 Å². The molecule has 0 spiro atoms. The SMILES string of the molecule is CCC1CCC(c2ccc(Cl)c(C)c2)CC1. The predicted octanol–water partition coefficient (Wildman–Crippen LogP) is 5.33. The Labute approximate surface area is 104 Å². The minimum Gasteiger partial charge on any atom is -0.0841 e. The summed E-state index contributed by atoms with van der Waals surface area (Å²) in [4.78, 5) is 0. The first-order valence-corrected chi connectivity index (χ1v) is 6.84. The Morgan fingerprint density at radius 1 is 1.19 bits per heavy atom. The van der Waals surface area contributed by atoms with Crippen molar-refractivity contribution >= 4 is 11.6 Å². The van der Waals surface area contributed by atoms with E-state index in [1.807, 2.05) is 0 Å². The van der Waals surface area contributed by atoms with E-state index < -0.39 is 0 Å². The Hall–Kier alpha value is -0.490. The number of rotatable bonds is 2. The normalized spacial score (nSPS) is 25.7. The molecule has 1 aliphatic carbocycles. The van der Waals surface area contributed by atoms with Crippen LogP contribution in [0.15, 0.2) is 18.2 Å². The molecule has 1 aromatic rings. The van der Waals surface area contributed by atoms with Gasteiger partial charge in [0.05, 0.1) is 0 Å². The molecule has 0 bridgehead atoms. The molecule has 1 saturated carbocycles. The van der Waals surface area contributed by atoms with Crippen LogP contribution in [0, 0.1) is 12.8 Å². The molecule has 88 valence electrons. The van der Waals surface area contributed by atoms with E-state index in [0.29, 0.717) is 0 Å². The molecule has 0 nitrogen and oxygen atoms in total. The summed E-state index contributed by atoms with van der Waals surface area (Å²) >= 11 is 6.07. The second-order valence-electron chi connectivity index (χ2n) is 5.13. The van der Waals surface area contributed by atoms with Crippen molar-refractivity contribution in [2.75, 3.05) is 0 Å². The topological polar surface area (TPSA) is 0 Å². The third-order valence-corrected chi connectivity index (χ3v) is 4.50. The molecule has 0 atom stereocenters. The first-order valence-electron chi connectivity index (χ1n) is 6.46. The van der Waals surface area contributed by atoms with Gasteiger partial charge in [0, 0.05) is 5.02 Å². The highest BCUT2D eigenvalue weighted by atomic mass is 35.5. The molecule has 1 heteroatoms. The van der Waals surface area contributed by atoms with E-state index in [1.165, 1.54) is 43.2 Å². The van der Waals surface area contributed by atoms with Gasteiger partial charge in [-0.15, -0.1) is 0 Å². The highest BCUT2D eigenvalue weighted by molar-refractivity contribution is 6.31. The molecule has 0 unspecified atom stereocenters. The predicted molar refractivity (Wildman–Crippen MR) is 71.2 cm³/mol. The molecule has 1 aliphatic rings. The summed E-state index contributed by atoms with van der Waals surface area (Å²) in [6, 6.07) is 6.55. The summed E-state index contributed by atoms with van der Waals surface area (Å²) in [5, 5.41) is 0.894. The molecule has 0 radical (unpaired) electrons. The second kappa shape index (κ2) is 5.23. The highest BCUT2D eigenvalue weighted by Gasteiger charge is 2.21. The van der Waals surface area contributed by atoms with Crippen molar-refractivity contribution in [2.24, 2.45) is 5.92 Å². The fourth-order valence-corrected chi connectivity index (χ4v) is 2.94. The third kappa shape index (κ3) is 2.60. The largest absolute Gasteiger partial charge is 0.0841 e. The Kier molecular flexibility index (Phi) is 3.91. The fraction of sp³-hybridized carbons (Fsp3) is 0.600. The lowest BCUT2D eigenvalue weighted by molar-refractivity contribution is 0.319. The van der Waals surface area contributed by atoms with Crippen molar-refractivity contribution in [1.82, 2.24) is 0 Å². The van der Waals surface area contributed by atoms with Crippen LogP contribution in [-0.2, 0) is 0 Å². The van der Waals surface area contributed by atoms with Gasteiger partial charge in [0.15, 0.2) is 0 Å². The van der Waals surface area contributed by atoms with Crippen molar-refractivity contribution in [3.8, 4) is 0 Å². The fourth-order valence-electron chi connectivity index (χ4n) is 2.83. The molecule has 16 heavy (non-hydrogen) atoms. The van der Waals surface area contributed by atoms with E-state index in [9.17, 15) is 0 Å². The zero-order valence-electron chi connectivity index (χ0n) is 10.3. The first kappa shape index (κ1) is 12.0. The lowest BCUT2D eigenvalue weighted by Gasteiger charge is -2.28. The van der Waals surface area contributed by atoms with E-state index in [4.69, 9.17) is 11.6 Å². The molecule has 0 heterocycles. The molecule has 0 saturated heterocycles. The quantitative estimate of drug-likeness (QED) is 0.651. The van der Waals surface area contributed by atoms with Crippen LogP contribution in [0.3, 0.4) is 0 Å². The van der Waals surface area contributed by atoms with Gasteiger partial charge in [-0.2, -0.15) is 0 Å². The summed E-state index contributed by atoms with van der Waals surface area (Å²) in [6.07, 6.45) is 6.89. The van der Waals surface area contributed by atoms with Crippen molar-refractivity contribution in [3.05, 3.63) is 34.3 Å². The summed E-state index contributed by atoms with van der Waals surface area (Å²) in [5.74, 6) is 1.75. The van der Waals surface area contributed by atoms with Crippen LogP contribution < -0.4 is 0 Å². The second-order valence-corrected chi connectivity index (χ2v) is 5.54. The van der Waals surface area contributed by atoms with E-state index in [1.54, 1.807) is 0 Å². The van der Waals surface area contributed by atoms with Crippen LogP contribution in [-0.4, -0.2) is 0 Å². The summed E-state index contributed by atoms with van der Waals surface area (Å²) in [7, 11) is 0. The van der Waals surface area contributed by atoms with Gasteiger partial charge in [0.2, 0.25) is 0 Å². The standard InChI is InChI=1S/C15H21Cl/c1-3-12-4-6-13(7-5-12)14-8-9-15(16)11(2)10-14/h8-10,12-13H,3-7H2,1-2H3. The minimum absolute atomic E-state index is 0.777. The van der Waals surface area contributed by atoms with Crippen LogP contribution in [0.1, 0.15) is 56.1 Å². The Balaban J connectivity index is 2.05. The monoisotopic (exact) mass is 236 g/mol. The van der Waals surface area contributed by atoms with Crippen LogP contribution in [0.5, 0.6) is 0 Å². The molecule has 1 aromatic carbocycles.